The van der Waals surface area contributed by atoms with Crippen molar-refractivity contribution < 1.29 is 4.39 Å². The van der Waals surface area contributed by atoms with Gasteiger partial charge in [-0.3, -0.25) is 4.40 Å². The van der Waals surface area contributed by atoms with E-state index >= 15 is 0 Å². The molecule has 2 aromatic heterocycles. The standard InChI is InChI=1S/C18H20FN3S/c1-11-12(2)23-18-21-16(14-9-5-6-10-15(14)19)17(22(11)18)20-13-7-3-4-8-13/h5-6,9-10,13,20H,3-4,7-8H2,1-2H3. The van der Waals surface area contributed by atoms with Crippen LogP contribution < -0.4 is 5.32 Å². The summed E-state index contributed by atoms with van der Waals surface area (Å²) in [5.74, 6) is 0.723. The van der Waals surface area contributed by atoms with Crippen molar-refractivity contribution in [1.29, 1.82) is 0 Å². The lowest BCUT2D eigenvalue weighted by Crippen LogP contribution is -2.16. The van der Waals surface area contributed by atoms with Crippen LogP contribution in [0, 0.1) is 19.7 Å². The molecule has 2 heterocycles. The number of fused-ring (bicyclic) bond motifs is 1. The minimum absolute atomic E-state index is 0.220. The minimum Gasteiger partial charge on any atom is -0.367 e. The number of anilines is 1. The molecular formula is C18H20FN3S. The predicted octanol–water partition coefficient (Wildman–Crippen LogP) is 5.17. The van der Waals surface area contributed by atoms with Crippen molar-refractivity contribution in [2.75, 3.05) is 5.32 Å². The maximum Gasteiger partial charge on any atom is 0.196 e. The summed E-state index contributed by atoms with van der Waals surface area (Å²) >= 11 is 1.66. The highest BCUT2D eigenvalue weighted by Gasteiger charge is 2.24. The molecule has 1 N–H and O–H groups in total. The Bertz CT molecular complexity index is 859. The zero-order chi connectivity index (χ0) is 16.0. The summed E-state index contributed by atoms with van der Waals surface area (Å²) < 4.78 is 16.5. The third kappa shape index (κ3) is 2.43. The van der Waals surface area contributed by atoms with E-state index in [1.807, 2.05) is 12.1 Å². The van der Waals surface area contributed by atoms with Crippen molar-refractivity contribution >= 4 is 22.1 Å². The van der Waals surface area contributed by atoms with Gasteiger partial charge in [-0.05, 0) is 38.8 Å². The number of nitrogens with zero attached hydrogens (tertiary/aromatic N) is 2. The van der Waals surface area contributed by atoms with Gasteiger partial charge in [0.25, 0.3) is 0 Å². The van der Waals surface area contributed by atoms with E-state index in [1.54, 1.807) is 17.4 Å². The molecule has 4 rings (SSSR count). The molecule has 3 nitrogen and oxygen atoms in total. The molecule has 0 bridgehead atoms. The van der Waals surface area contributed by atoms with Crippen molar-refractivity contribution in [3.8, 4) is 11.3 Å². The summed E-state index contributed by atoms with van der Waals surface area (Å²) in [6, 6.07) is 7.35. The molecule has 1 aliphatic rings. The number of nitrogens with one attached hydrogen (secondary N) is 1. The number of halogens is 1. The van der Waals surface area contributed by atoms with Crippen molar-refractivity contribution in [1.82, 2.24) is 9.38 Å². The van der Waals surface area contributed by atoms with Gasteiger partial charge in [0.15, 0.2) is 4.96 Å². The lowest BCUT2D eigenvalue weighted by Gasteiger charge is -2.15. The number of aromatic nitrogens is 2. The molecule has 0 unspecified atom stereocenters. The summed E-state index contributed by atoms with van der Waals surface area (Å²) in [5.41, 5.74) is 2.48. The maximum atomic E-state index is 14.3. The topological polar surface area (TPSA) is 29.3 Å². The van der Waals surface area contributed by atoms with Crippen molar-refractivity contribution in [3.63, 3.8) is 0 Å². The number of imidazole rings is 1. The van der Waals surface area contributed by atoms with E-state index in [9.17, 15) is 4.39 Å². The molecule has 1 saturated carbocycles. The molecule has 1 fully saturated rings. The highest BCUT2D eigenvalue weighted by atomic mass is 32.1. The Balaban J connectivity index is 1.90. The van der Waals surface area contributed by atoms with Crippen molar-refractivity contribution in [2.24, 2.45) is 0 Å². The van der Waals surface area contributed by atoms with Gasteiger partial charge < -0.3 is 5.32 Å². The highest BCUT2D eigenvalue weighted by molar-refractivity contribution is 7.17. The van der Waals surface area contributed by atoms with E-state index in [2.05, 4.69) is 23.6 Å². The van der Waals surface area contributed by atoms with E-state index in [4.69, 9.17) is 4.98 Å². The molecule has 5 heteroatoms. The zero-order valence-corrected chi connectivity index (χ0v) is 14.2. The highest BCUT2D eigenvalue weighted by Crippen LogP contribution is 2.36. The number of thiazole rings is 1. The van der Waals surface area contributed by atoms with Crippen LogP contribution in [0.1, 0.15) is 36.3 Å². The van der Waals surface area contributed by atoms with Crippen LogP contribution in [0.5, 0.6) is 0 Å². The third-order valence-electron chi connectivity index (χ3n) is 4.76. The molecule has 1 aliphatic carbocycles. The molecule has 0 atom stereocenters. The van der Waals surface area contributed by atoms with E-state index in [-0.39, 0.29) is 5.82 Å². The van der Waals surface area contributed by atoms with E-state index < -0.39 is 0 Å². The lowest BCUT2D eigenvalue weighted by molar-refractivity contribution is 0.631. The molecular weight excluding hydrogens is 309 g/mol. The Morgan fingerprint density at radius 1 is 1.22 bits per heavy atom. The summed E-state index contributed by atoms with van der Waals surface area (Å²) in [6.45, 7) is 4.21. The minimum atomic E-state index is -0.220. The van der Waals surface area contributed by atoms with Gasteiger partial charge in [-0.2, -0.15) is 0 Å². The summed E-state index contributed by atoms with van der Waals surface area (Å²) in [7, 11) is 0. The first kappa shape index (κ1) is 14.7. The van der Waals surface area contributed by atoms with Gasteiger partial charge in [0.05, 0.1) is 0 Å². The molecule has 0 spiro atoms. The Morgan fingerprint density at radius 2 is 1.96 bits per heavy atom. The first-order valence-electron chi connectivity index (χ1n) is 8.15. The van der Waals surface area contributed by atoms with Gasteiger partial charge >= 0.3 is 0 Å². The van der Waals surface area contributed by atoms with E-state index in [1.165, 1.54) is 42.3 Å². The van der Waals surface area contributed by atoms with Crippen LogP contribution in [-0.4, -0.2) is 15.4 Å². The Labute approximate surface area is 139 Å². The largest absolute Gasteiger partial charge is 0.367 e. The molecule has 1 aromatic carbocycles. The monoisotopic (exact) mass is 329 g/mol. The average Bonchev–Trinajstić information content (AvgIpc) is 3.21. The van der Waals surface area contributed by atoms with Gasteiger partial charge in [-0.1, -0.05) is 25.0 Å². The average molecular weight is 329 g/mol. The van der Waals surface area contributed by atoms with Gasteiger partial charge in [0.2, 0.25) is 0 Å². The van der Waals surface area contributed by atoms with Crippen LogP contribution in [0.4, 0.5) is 10.2 Å². The zero-order valence-electron chi connectivity index (χ0n) is 13.4. The number of hydrogen-bond acceptors (Lipinski definition) is 3. The summed E-state index contributed by atoms with van der Waals surface area (Å²) in [5, 5.41) is 3.65. The molecule has 0 saturated heterocycles. The van der Waals surface area contributed by atoms with E-state index in [0.717, 1.165) is 16.5 Å². The molecule has 120 valence electrons. The lowest BCUT2D eigenvalue weighted by atomic mass is 10.1. The Hall–Kier alpha value is -1.88. The van der Waals surface area contributed by atoms with Crippen molar-refractivity contribution in [3.05, 3.63) is 40.7 Å². The molecule has 0 radical (unpaired) electrons. The second-order valence-electron chi connectivity index (χ2n) is 6.28. The van der Waals surface area contributed by atoms with Gasteiger partial charge in [0.1, 0.15) is 17.3 Å². The van der Waals surface area contributed by atoms with Gasteiger partial charge in [-0.15, -0.1) is 11.3 Å². The van der Waals surface area contributed by atoms with Crippen LogP contribution in [0.15, 0.2) is 24.3 Å². The quantitative estimate of drug-likeness (QED) is 0.718. The Morgan fingerprint density at radius 3 is 2.70 bits per heavy atom. The predicted molar refractivity (Wildman–Crippen MR) is 93.8 cm³/mol. The number of hydrogen-bond donors (Lipinski definition) is 1. The number of aryl methyl sites for hydroxylation is 2. The maximum absolute atomic E-state index is 14.3. The second kappa shape index (κ2) is 5.64. The third-order valence-corrected chi connectivity index (χ3v) is 5.82. The summed E-state index contributed by atoms with van der Waals surface area (Å²) in [6.07, 6.45) is 4.87. The van der Waals surface area contributed by atoms with Crippen molar-refractivity contribution in [2.45, 2.75) is 45.6 Å². The first-order chi connectivity index (χ1) is 11.1. The van der Waals surface area contributed by atoms with Crippen LogP contribution in [0.25, 0.3) is 16.2 Å². The van der Waals surface area contributed by atoms with Crippen LogP contribution in [0.3, 0.4) is 0 Å². The van der Waals surface area contributed by atoms with E-state index in [0.29, 0.717) is 11.6 Å². The normalized spacial score (nSPS) is 15.6. The number of benzene rings is 1. The van der Waals surface area contributed by atoms with Gasteiger partial charge in [0, 0.05) is 22.2 Å². The first-order valence-corrected chi connectivity index (χ1v) is 8.96. The Kier molecular flexibility index (Phi) is 3.60. The fourth-order valence-corrected chi connectivity index (χ4v) is 4.35. The molecule has 0 amide bonds. The van der Waals surface area contributed by atoms with Gasteiger partial charge in [-0.25, -0.2) is 9.37 Å². The fraction of sp³-hybridized carbons (Fsp3) is 0.389. The smallest absolute Gasteiger partial charge is 0.196 e. The molecule has 3 aromatic rings. The fourth-order valence-electron chi connectivity index (χ4n) is 3.39. The molecule has 23 heavy (non-hydrogen) atoms. The SMILES string of the molecule is Cc1sc2nc(-c3ccccc3F)c(NC3CCCC3)n2c1C. The summed E-state index contributed by atoms with van der Waals surface area (Å²) in [4.78, 5) is 6.93. The van der Waals surface area contributed by atoms with Crippen LogP contribution in [0.2, 0.25) is 0 Å². The second-order valence-corrected chi connectivity index (χ2v) is 7.46. The van der Waals surface area contributed by atoms with Crippen LogP contribution >= 0.6 is 11.3 Å². The molecule has 0 aliphatic heterocycles. The van der Waals surface area contributed by atoms with Crippen LogP contribution in [-0.2, 0) is 0 Å². The number of rotatable bonds is 3.